The van der Waals surface area contributed by atoms with Crippen LogP contribution < -0.4 is 0 Å². The van der Waals surface area contributed by atoms with Crippen molar-refractivity contribution in [3.8, 4) is 22.5 Å². The first-order chi connectivity index (χ1) is 13.9. The maximum absolute atomic E-state index is 13.0. The van der Waals surface area contributed by atoms with E-state index in [1.165, 1.54) is 0 Å². The molecular weight excluding hydrogens is 431 g/mol. The Morgan fingerprint density at radius 3 is 2.28 bits per heavy atom. The Morgan fingerprint density at radius 2 is 1.55 bits per heavy atom. The smallest absolute Gasteiger partial charge is 0.204 e. The molecule has 29 heavy (non-hydrogen) atoms. The monoisotopic (exact) mass is 444 g/mol. The van der Waals surface area contributed by atoms with Gasteiger partial charge in [0, 0.05) is 15.6 Å². The van der Waals surface area contributed by atoms with Gasteiger partial charge in [0.1, 0.15) is 0 Å². The highest BCUT2D eigenvalue weighted by atomic mass is 35.5. The Labute approximate surface area is 177 Å². The SMILES string of the molecule is O=S(=O)(Cc1cccc(-c2nn[nH]n2)c1)c1cccc(-c2cc(Cl)cc(Cl)c2)c1. The number of tetrazole rings is 1. The van der Waals surface area contributed by atoms with Crippen molar-refractivity contribution < 1.29 is 8.42 Å². The van der Waals surface area contributed by atoms with Crippen LogP contribution in [0, 0.1) is 0 Å². The van der Waals surface area contributed by atoms with Crippen molar-refractivity contribution in [2.75, 3.05) is 0 Å². The van der Waals surface area contributed by atoms with Crippen LogP contribution in [0.5, 0.6) is 0 Å². The summed E-state index contributed by atoms with van der Waals surface area (Å²) >= 11 is 12.1. The molecule has 6 nitrogen and oxygen atoms in total. The summed E-state index contributed by atoms with van der Waals surface area (Å²) in [7, 11) is -3.58. The number of sulfone groups is 1. The molecule has 0 unspecified atom stereocenters. The van der Waals surface area contributed by atoms with Gasteiger partial charge in [0.2, 0.25) is 5.82 Å². The zero-order chi connectivity index (χ0) is 20.4. The highest BCUT2D eigenvalue weighted by Crippen LogP contribution is 2.29. The highest BCUT2D eigenvalue weighted by Gasteiger charge is 2.17. The quantitative estimate of drug-likeness (QED) is 0.476. The Kier molecular flexibility index (Phi) is 5.36. The van der Waals surface area contributed by atoms with Gasteiger partial charge in [-0.15, -0.1) is 10.2 Å². The number of H-pyrrole nitrogens is 1. The van der Waals surface area contributed by atoms with Crippen molar-refractivity contribution in [2.24, 2.45) is 0 Å². The molecule has 0 bridgehead atoms. The normalized spacial score (nSPS) is 11.5. The van der Waals surface area contributed by atoms with E-state index in [1.54, 1.807) is 60.7 Å². The van der Waals surface area contributed by atoms with Crippen LogP contribution in [-0.2, 0) is 15.6 Å². The lowest BCUT2D eigenvalue weighted by molar-refractivity contribution is 0.595. The van der Waals surface area contributed by atoms with Crippen LogP contribution in [0.4, 0.5) is 0 Å². The van der Waals surface area contributed by atoms with Crippen LogP contribution in [0.15, 0.2) is 71.6 Å². The molecule has 0 radical (unpaired) electrons. The summed E-state index contributed by atoms with van der Waals surface area (Å²) in [6.07, 6.45) is 0. The van der Waals surface area contributed by atoms with E-state index in [4.69, 9.17) is 23.2 Å². The number of aromatic amines is 1. The molecular formula is C20H14Cl2N4O2S. The molecule has 0 atom stereocenters. The third kappa shape index (κ3) is 4.48. The number of rotatable bonds is 5. The number of nitrogens with one attached hydrogen (secondary N) is 1. The fourth-order valence-electron chi connectivity index (χ4n) is 2.98. The highest BCUT2D eigenvalue weighted by molar-refractivity contribution is 7.90. The topological polar surface area (TPSA) is 88.6 Å². The zero-order valence-electron chi connectivity index (χ0n) is 14.9. The summed E-state index contributed by atoms with van der Waals surface area (Å²) in [4.78, 5) is 0.219. The number of hydrogen-bond acceptors (Lipinski definition) is 5. The van der Waals surface area contributed by atoms with Crippen LogP contribution in [0.1, 0.15) is 5.56 Å². The lowest BCUT2D eigenvalue weighted by Gasteiger charge is -2.09. The van der Waals surface area contributed by atoms with Crippen molar-refractivity contribution in [2.45, 2.75) is 10.6 Å². The van der Waals surface area contributed by atoms with Gasteiger partial charge in [-0.2, -0.15) is 5.21 Å². The maximum Gasteiger partial charge on any atom is 0.204 e. The first kappa shape index (κ1) is 19.6. The molecule has 9 heteroatoms. The van der Waals surface area contributed by atoms with E-state index in [-0.39, 0.29) is 10.6 Å². The molecule has 4 rings (SSSR count). The Bertz CT molecular complexity index is 1260. The lowest BCUT2D eigenvalue weighted by Crippen LogP contribution is -2.05. The lowest BCUT2D eigenvalue weighted by atomic mass is 10.1. The van der Waals surface area contributed by atoms with E-state index in [2.05, 4.69) is 20.6 Å². The number of benzene rings is 3. The molecule has 0 spiro atoms. The molecule has 1 aromatic heterocycles. The predicted octanol–water partition coefficient (Wildman–Crippen LogP) is 4.81. The van der Waals surface area contributed by atoms with Gasteiger partial charge in [-0.1, -0.05) is 53.5 Å². The van der Waals surface area contributed by atoms with Gasteiger partial charge in [0.25, 0.3) is 0 Å². The average molecular weight is 445 g/mol. The fourth-order valence-corrected chi connectivity index (χ4v) is 4.88. The van der Waals surface area contributed by atoms with Crippen LogP contribution in [0.25, 0.3) is 22.5 Å². The minimum atomic E-state index is -3.58. The Balaban J connectivity index is 1.65. The summed E-state index contributed by atoms with van der Waals surface area (Å²) in [6.45, 7) is 0. The van der Waals surface area contributed by atoms with Gasteiger partial charge in [0.15, 0.2) is 9.84 Å². The summed E-state index contributed by atoms with van der Waals surface area (Å²) in [5.41, 5.74) is 2.78. The molecule has 0 aliphatic rings. The van der Waals surface area contributed by atoms with Crippen LogP contribution in [-0.4, -0.2) is 29.0 Å². The standard InChI is InChI=1S/C20H14Cl2N4O2S/c21-17-8-16(9-18(22)11-17)14-4-2-6-19(10-14)29(27,28)12-13-3-1-5-15(7-13)20-23-25-26-24-20/h1-11H,12H2,(H,23,24,25,26). The van der Waals surface area contributed by atoms with Crippen molar-refractivity contribution in [3.05, 3.63) is 82.3 Å². The fraction of sp³-hybridized carbons (Fsp3) is 0.0500. The summed E-state index contributed by atoms with van der Waals surface area (Å²) < 4.78 is 26.0. The molecule has 1 heterocycles. The maximum atomic E-state index is 13.0. The van der Waals surface area contributed by atoms with Gasteiger partial charge in [0.05, 0.1) is 10.6 Å². The van der Waals surface area contributed by atoms with E-state index >= 15 is 0 Å². The molecule has 0 amide bonds. The zero-order valence-corrected chi connectivity index (χ0v) is 17.2. The first-order valence-corrected chi connectivity index (χ1v) is 10.9. The second-order valence-corrected chi connectivity index (χ2v) is 9.24. The molecule has 0 saturated carbocycles. The molecule has 0 fully saturated rings. The number of nitrogens with zero attached hydrogens (tertiary/aromatic N) is 3. The number of hydrogen-bond donors (Lipinski definition) is 1. The second-order valence-electron chi connectivity index (χ2n) is 6.38. The summed E-state index contributed by atoms with van der Waals surface area (Å²) in [5, 5.41) is 14.7. The van der Waals surface area contributed by atoms with Crippen molar-refractivity contribution >= 4 is 33.0 Å². The third-order valence-electron chi connectivity index (χ3n) is 4.28. The average Bonchev–Trinajstić information content (AvgIpc) is 3.22. The predicted molar refractivity (Wildman–Crippen MR) is 112 cm³/mol. The Hall–Kier alpha value is -2.74. The molecule has 1 N–H and O–H groups in total. The summed E-state index contributed by atoms with van der Waals surface area (Å²) in [5.74, 6) is 0.252. The van der Waals surface area contributed by atoms with E-state index < -0.39 is 9.84 Å². The van der Waals surface area contributed by atoms with Gasteiger partial charge in [-0.3, -0.25) is 0 Å². The number of aromatic nitrogens is 4. The largest absolute Gasteiger partial charge is 0.223 e. The van der Waals surface area contributed by atoms with Gasteiger partial charge >= 0.3 is 0 Å². The molecule has 3 aromatic carbocycles. The van der Waals surface area contributed by atoms with Crippen molar-refractivity contribution in [1.82, 2.24) is 20.6 Å². The minimum Gasteiger partial charge on any atom is -0.223 e. The molecule has 0 aliphatic carbocycles. The van der Waals surface area contributed by atoms with Crippen molar-refractivity contribution in [1.29, 1.82) is 0 Å². The number of halogens is 2. The van der Waals surface area contributed by atoms with Gasteiger partial charge < -0.3 is 0 Å². The molecule has 146 valence electrons. The van der Waals surface area contributed by atoms with Gasteiger partial charge in [-0.05, 0) is 58.3 Å². The first-order valence-electron chi connectivity index (χ1n) is 8.53. The molecule has 0 aliphatic heterocycles. The molecule has 4 aromatic rings. The summed E-state index contributed by atoms with van der Waals surface area (Å²) in [6, 6.07) is 18.9. The van der Waals surface area contributed by atoms with Crippen LogP contribution >= 0.6 is 23.2 Å². The van der Waals surface area contributed by atoms with Crippen LogP contribution in [0.2, 0.25) is 10.0 Å². The van der Waals surface area contributed by atoms with E-state index in [0.717, 1.165) is 11.1 Å². The Morgan fingerprint density at radius 1 is 0.828 bits per heavy atom. The van der Waals surface area contributed by atoms with Gasteiger partial charge in [-0.25, -0.2) is 8.42 Å². The van der Waals surface area contributed by atoms with E-state index in [0.29, 0.717) is 27.0 Å². The van der Waals surface area contributed by atoms with E-state index in [9.17, 15) is 8.42 Å². The third-order valence-corrected chi connectivity index (χ3v) is 6.40. The van der Waals surface area contributed by atoms with Crippen LogP contribution in [0.3, 0.4) is 0 Å². The van der Waals surface area contributed by atoms with E-state index in [1.807, 2.05) is 6.07 Å². The molecule has 0 saturated heterocycles. The second kappa shape index (κ2) is 7.94. The minimum absolute atomic E-state index is 0.154. The van der Waals surface area contributed by atoms with Crippen molar-refractivity contribution in [3.63, 3.8) is 0 Å².